The Bertz CT molecular complexity index is 743. The van der Waals surface area contributed by atoms with Gasteiger partial charge in [0.15, 0.2) is 5.96 Å². The number of nitrogens with zero attached hydrogens (tertiary/aromatic N) is 1. The number of hydrogen-bond donors (Lipinski definition) is 2. The van der Waals surface area contributed by atoms with E-state index in [4.69, 9.17) is 10.5 Å². The van der Waals surface area contributed by atoms with E-state index in [1.54, 1.807) is 12.1 Å². The lowest BCUT2D eigenvalue weighted by Crippen LogP contribution is -2.22. The average molecular weight is 313 g/mol. The largest absolute Gasteiger partial charge is 0.497 e. The number of nitrogens with one attached hydrogen (secondary N) is 1. The van der Waals surface area contributed by atoms with E-state index in [1.807, 2.05) is 6.07 Å². The van der Waals surface area contributed by atoms with Crippen LogP contribution in [0.1, 0.15) is 23.1 Å². The van der Waals surface area contributed by atoms with Crippen molar-refractivity contribution in [2.45, 2.75) is 25.8 Å². The molecule has 2 aromatic carbocycles. The van der Waals surface area contributed by atoms with Crippen molar-refractivity contribution in [3.8, 4) is 5.75 Å². The molecule has 4 nitrogen and oxygen atoms in total. The molecule has 3 N–H and O–H groups in total. The molecule has 1 aliphatic rings. The van der Waals surface area contributed by atoms with Crippen LogP contribution >= 0.6 is 0 Å². The van der Waals surface area contributed by atoms with Crippen molar-refractivity contribution in [3.63, 3.8) is 0 Å². The number of methoxy groups -OCH3 is 1. The van der Waals surface area contributed by atoms with Crippen molar-refractivity contribution >= 4 is 11.6 Å². The molecule has 0 saturated carbocycles. The SMILES string of the molecule is COc1ccc(CN=C(N)Nc2ccc3c(c2)CCC3)c(F)c1. The number of halogens is 1. The van der Waals surface area contributed by atoms with Crippen LogP contribution in [-0.4, -0.2) is 13.1 Å². The third kappa shape index (κ3) is 3.62. The Morgan fingerprint density at radius 2 is 2.04 bits per heavy atom. The highest BCUT2D eigenvalue weighted by molar-refractivity contribution is 5.92. The van der Waals surface area contributed by atoms with Crippen molar-refractivity contribution in [1.29, 1.82) is 0 Å². The minimum absolute atomic E-state index is 0.180. The van der Waals surface area contributed by atoms with Gasteiger partial charge in [-0.2, -0.15) is 0 Å². The van der Waals surface area contributed by atoms with E-state index in [-0.39, 0.29) is 18.3 Å². The van der Waals surface area contributed by atoms with Crippen LogP contribution in [0.2, 0.25) is 0 Å². The number of guanidine groups is 1. The molecule has 0 amide bonds. The van der Waals surface area contributed by atoms with Crippen LogP contribution in [0.4, 0.5) is 10.1 Å². The van der Waals surface area contributed by atoms with Gasteiger partial charge in [-0.15, -0.1) is 0 Å². The number of rotatable bonds is 4. The topological polar surface area (TPSA) is 59.6 Å². The van der Waals surface area contributed by atoms with Crippen LogP contribution in [0, 0.1) is 5.82 Å². The normalized spacial score (nSPS) is 13.7. The van der Waals surface area contributed by atoms with E-state index in [9.17, 15) is 4.39 Å². The molecule has 1 aliphatic carbocycles. The Morgan fingerprint density at radius 3 is 2.83 bits per heavy atom. The van der Waals surface area contributed by atoms with Crippen LogP contribution in [0.5, 0.6) is 5.75 Å². The van der Waals surface area contributed by atoms with Gasteiger partial charge in [0.05, 0.1) is 13.7 Å². The highest BCUT2D eigenvalue weighted by Crippen LogP contribution is 2.24. The quantitative estimate of drug-likeness (QED) is 0.673. The number of aliphatic imine (C=N–C) groups is 1. The molecule has 0 aromatic heterocycles. The molecule has 0 aliphatic heterocycles. The second kappa shape index (κ2) is 6.69. The smallest absolute Gasteiger partial charge is 0.193 e. The molecule has 5 heteroatoms. The molecule has 2 aromatic rings. The van der Waals surface area contributed by atoms with Gasteiger partial charge in [0.25, 0.3) is 0 Å². The summed E-state index contributed by atoms with van der Waals surface area (Å²) in [5.41, 5.74) is 10.1. The molecule has 0 bridgehead atoms. The number of hydrogen-bond acceptors (Lipinski definition) is 2. The lowest BCUT2D eigenvalue weighted by molar-refractivity contribution is 0.410. The maximum Gasteiger partial charge on any atom is 0.193 e. The highest BCUT2D eigenvalue weighted by atomic mass is 19.1. The van der Waals surface area contributed by atoms with Gasteiger partial charge in [-0.3, -0.25) is 0 Å². The molecule has 0 unspecified atom stereocenters. The molecular formula is C18H20FN3O. The van der Waals surface area contributed by atoms with Gasteiger partial charge >= 0.3 is 0 Å². The van der Waals surface area contributed by atoms with E-state index in [2.05, 4.69) is 22.4 Å². The minimum Gasteiger partial charge on any atom is -0.497 e. The zero-order chi connectivity index (χ0) is 16.2. The Morgan fingerprint density at radius 1 is 1.22 bits per heavy atom. The van der Waals surface area contributed by atoms with E-state index < -0.39 is 0 Å². The summed E-state index contributed by atoms with van der Waals surface area (Å²) in [6.07, 6.45) is 3.47. The molecule has 0 radical (unpaired) electrons. The molecule has 23 heavy (non-hydrogen) atoms. The number of nitrogens with two attached hydrogens (primary N) is 1. The summed E-state index contributed by atoms with van der Waals surface area (Å²) < 4.78 is 18.8. The van der Waals surface area contributed by atoms with E-state index in [0.29, 0.717) is 11.3 Å². The predicted octanol–water partition coefficient (Wildman–Crippen LogP) is 3.25. The molecule has 0 heterocycles. The molecular weight excluding hydrogens is 293 g/mol. The van der Waals surface area contributed by atoms with Crippen molar-refractivity contribution in [1.82, 2.24) is 0 Å². The lowest BCUT2D eigenvalue weighted by Gasteiger charge is -2.08. The van der Waals surface area contributed by atoms with Crippen molar-refractivity contribution in [2.75, 3.05) is 12.4 Å². The number of anilines is 1. The van der Waals surface area contributed by atoms with Crippen LogP contribution in [0.15, 0.2) is 41.4 Å². The van der Waals surface area contributed by atoms with Crippen LogP contribution < -0.4 is 15.8 Å². The third-order valence-electron chi connectivity index (χ3n) is 4.05. The monoisotopic (exact) mass is 313 g/mol. The fourth-order valence-corrected chi connectivity index (χ4v) is 2.79. The summed E-state index contributed by atoms with van der Waals surface area (Å²) >= 11 is 0. The summed E-state index contributed by atoms with van der Waals surface area (Å²) in [6.45, 7) is 0.180. The standard InChI is InChI=1S/C18H20FN3O/c1-23-16-8-6-14(17(19)10-16)11-21-18(20)22-15-7-5-12-3-2-4-13(12)9-15/h5-10H,2-4,11H2,1H3,(H3,20,21,22). The number of benzene rings is 2. The fraction of sp³-hybridized carbons (Fsp3) is 0.278. The number of aryl methyl sites for hydroxylation is 2. The number of fused-ring (bicyclic) bond motifs is 1. The summed E-state index contributed by atoms with van der Waals surface area (Å²) in [4.78, 5) is 4.20. The summed E-state index contributed by atoms with van der Waals surface area (Å²) in [7, 11) is 1.51. The summed E-state index contributed by atoms with van der Waals surface area (Å²) in [5, 5.41) is 3.06. The van der Waals surface area contributed by atoms with Gasteiger partial charge in [0, 0.05) is 17.3 Å². The van der Waals surface area contributed by atoms with Gasteiger partial charge in [-0.25, -0.2) is 9.38 Å². The Hall–Kier alpha value is -2.56. The molecule has 3 rings (SSSR count). The van der Waals surface area contributed by atoms with Crippen LogP contribution in [-0.2, 0) is 19.4 Å². The van der Waals surface area contributed by atoms with Gasteiger partial charge < -0.3 is 15.8 Å². The first-order valence-corrected chi connectivity index (χ1v) is 7.67. The lowest BCUT2D eigenvalue weighted by atomic mass is 10.1. The molecule has 0 spiro atoms. The first-order chi connectivity index (χ1) is 11.2. The highest BCUT2D eigenvalue weighted by Gasteiger charge is 2.11. The predicted molar refractivity (Wildman–Crippen MR) is 90.4 cm³/mol. The molecule has 0 saturated heterocycles. The summed E-state index contributed by atoms with van der Waals surface area (Å²) in [5.74, 6) is 0.413. The maximum absolute atomic E-state index is 13.9. The molecule has 0 fully saturated rings. The minimum atomic E-state index is -0.349. The van der Waals surface area contributed by atoms with Crippen LogP contribution in [0.3, 0.4) is 0 Å². The van der Waals surface area contributed by atoms with Crippen molar-refractivity contribution in [3.05, 3.63) is 58.9 Å². The first kappa shape index (κ1) is 15.3. The van der Waals surface area contributed by atoms with E-state index >= 15 is 0 Å². The second-order valence-electron chi connectivity index (χ2n) is 5.62. The Kier molecular flexibility index (Phi) is 4.46. The van der Waals surface area contributed by atoms with Gasteiger partial charge in [-0.1, -0.05) is 12.1 Å². The van der Waals surface area contributed by atoms with Crippen molar-refractivity contribution in [2.24, 2.45) is 10.7 Å². The zero-order valence-corrected chi connectivity index (χ0v) is 13.1. The first-order valence-electron chi connectivity index (χ1n) is 7.67. The molecule has 0 atom stereocenters. The second-order valence-corrected chi connectivity index (χ2v) is 5.62. The third-order valence-corrected chi connectivity index (χ3v) is 4.05. The maximum atomic E-state index is 13.9. The zero-order valence-electron chi connectivity index (χ0n) is 13.1. The van der Waals surface area contributed by atoms with Gasteiger partial charge in [-0.05, 0) is 48.6 Å². The number of ether oxygens (including phenoxy) is 1. The van der Waals surface area contributed by atoms with Crippen LogP contribution in [0.25, 0.3) is 0 Å². The van der Waals surface area contributed by atoms with Gasteiger partial charge in [0.1, 0.15) is 11.6 Å². The van der Waals surface area contributed by atoms with Crippen molar-refractivity contribution < 1.29 is 9.13 Å². The fourth-order valence-electron chi connectivity index (χ4n) is 2.79. The molecule has 120 valence electrons. The van der Waals surface area contributed by atoms with E-state index in [1.165, 1.54) is 30.7 Å². The van der Waals surface area contributed by atoms with Gasteiger partial charge in [0.2, 0.25) is 0 Å². The average Bonchev–Trinajstić information content (AvgIpc) is 3.01. The summed E-state index contributed by atoms with van der Waals surface area (Å²) in [6, 6.07) is 10.9. The van der Waals surface area contributed by atoms with E-state index in [0.717, 1.165) is 18.5 Å². The Balaban J connectivity index is 1.66. The Labute approximate surface area is 135 Å².